The van der Waals surface area contributed by atoms with Gasteiger partial charge in [0, 0.05) is 12.8 Å². The Morgan fingerprint density at radius 2 is 0.800 bits per heavy atom. The number of hydrogen-bond acceptors (Lipinski definition) is 5. The van der Waals surface area contributed by atoms with E-state index in [9.17, 15) is 19.8 Å². The Kier molecular flexibility index (Phi) is 50.6. The first-order valence-corrected chi connectivity index (χ1v) is 28.0. The number of hydrogen-bond donors (Lipinski definition) is 3. The van der Waals surface area contributed by atoms with Gasteiger partial charge in [-0.1, -0.05) is 274 Å². The summed E-state index contributed by atoms with van der Waals surface area (Å²) in [7, 11) is 0. The minimum Gasteiger partial charge on any atom is -0.461 e. The van der Waals surface area contributed by atoms with E-state index >= 15 is 0 Å². The number of nitrogens with one attached hydrogen (secondary N) is 1. The van der Waals surface area contributed by atoms with E-state index in [1.54, 1.807) is 0 Å². The van der Waals surface area contributed by atoms with E-state index in [1.165, 1.54) is 161 Å². The predicted molar refractivity (Wildman–Crippen MR) is 282 cm³/mol. The van der Waals surface area contributed by atoms with Crippen LogP contribution in [0.3, 0.4) is 0 Å². The molecule has 0 saturated carbocycles. The van der Waals surface area contributed by atoms with E-state index < -0.39 is 18.2 Å². The van der Waals surface area contributed by atoms with E-state index in [2.05, 4.69) is 80.8 Å². The maximum absolute atomic E-state index is 13.2. The molecule has 0 rings (SSSR count). The van der Waals surface area contributed by atoms with Crippen molar-refractivity contribution in [2.45, 2.75) is 296 Å². The lowest BCUT2D eigenvalue weighted by Gasteiger charge is -2.24. The summed E-state index contributed by atoms with van der Waals surface area (Å²) in [4.78, 5) is 26.2. The number of unbranched alkanes of at least 4 members (excludes halogenated alkanes) is 29. The second-order valence-corrected chi connectivity index (χ2v) is 19.0. The van der Waals surface area contributed by atoms with Crippen LogP contribution in [0.2, 0.25) is 0 Å². The third kappa shape index (κ3) is 47.8. The quantitative estimate of drug-likeness (QED) is 0.0321. The predicted octanol–water partition coefficient (Wildman–Crippen LogP) is 17.2. The highest BCUT2D eigenvalue weighted by Crippen LogP contribution is 2.17. The maximum atomic E-state index is 13.2. The molecular formula is C59H107NO5. The van der Waals surface area contributed by atoms with Gasteiger partial charge in [0.2, 0.25) is 5.91 Å². The van der Waals surface area contributed by atoms with Gasteiger partial charge in [-0.15, -0.1) is 0 Å². The molecule has 6 heteroatoms. The summed E-state index contributed by atoms with van der Waals surface area (Å²) in [6, 6.07) is -0.732. The summed E-state index contributed by atoms with van der Waals surface area (Å²) in [6.07, 6.45) is 65.9. The molecule has 0 aromatic carbocycles. The van der Waals surface area contributed by atoms with Crippen molar-refractivity contribution in [2.24, 2.45) is 0 Å². The van der Waals surface area contributed by atoms with E-state index in [4.69, 9.17) is 4.74 Å². The van der Waals surface area contributed by atoms with Gasteiger partial charge in [-0.25, -0.2) is 0 Å². The summed E-state index contributed by atoms with van der Waals surface area (Å²) in [5.74, 6) is -0.570. The Morgan fingerprint density at radius 1 is 0.462 bits per heavy atom. The molecule has 0 bridgehead atoms. The van der Waals surface area contributed by atoms with Crippen LogP contribution in [-0.2, 0) is 14.3 Å². The van der Waals surface area contributed by atoms with Crippen LogP contribution in [-0.4, -0.2) is 46.9 Å². The summed E-state index contributed by atoms with van der Waals surface area (Å²) < 4.78 is 5.89. The lowest BCUT2D eigenvalue weighted by Crippen LogP contribution is -2.46. The molecule has 0 heterocycles. The fourth-order valence-corrected chi connectivity index (χ4v) is 8.40. The van der Waals surface area contributed by atoms with Crippen LogP contribution in [0.5, 0.6) is 0 Å². The smallest absolute Gasteiger partial charge is 0.306 e. The molecule has 0 radical (unpaired) electrons. The van der Waals surface area contributed by atoms with Crippen LogP contribution >= 0.6 is 0 Å². The number of rotatable bonds is 50. The van der Waals surface area contributed by atoms with E-state index in [-0.39, 0.29) is 24.9 Å². The van der Waals surface area contributed by atoms with Gasteiger partial charge in [0.25, 0.3) is 0 Å². The first-order chi connectivity index (χ1) is 32.0. The molecule has 65 heavy (non-hydrogen) atoms. The third-order valence-electron chi connectivity index (χ3n) is 12.6. The highest BCUT2D eigenvalue weighted by Gasteiger charge is 2.23. The zero-order valence-electron chi connectivity index (χ0n) is 43.1. The SMILES string of the molecule is CC/C=C\C/C=C\C/C=C\C/C=C\C/C=C\CC(CC(=O)NC(CO)C(O)CCCCCCCCCCCCCCCC)OC(=O)CCCCCCCCCCCCCCCCCCC. The van der Waals surface area contributed by atoms with Crippen LogP contribution in [0.15, 0.2) is 60.8 Å². The first-order valence-electron chi connectivity index (χ1n) is 28.0. The standard InChI is InChI=1S/C59H107NO5/c1-4-7-10-13-16-19-22-25-28-29-31-34-37-40-43-46-49-52-59(64)65-55(50-47-44-41-38-35-32-30-26-23-20-17-14-11-8-5-2)53-58(63)60-56(54-61)57(62)51-48-45-42-39-36-33-27-24-21-18-15-12-9-6-3/h8,11,17,20,26,30,35,38,44,47,55-57,61-62H,4-7,9-10,12-16,18-19,21-25,27-29,31-34,36-37,39-43,45-46,48-54H2,1-3H3,(H,60,63)/b11-8-,20-17-,30-26-,38-35-,47-44-. The Bertz CT molecular complexity index is 1160. The molecule has 0 aliphatic rings. The average molecular weight is 911 g/mol. The molecule has 0 spiro atoms. The molecule has 378 valence electrons. The molecule has 0 aliphatic heterocycles. The number of carbonyl (C=O) groups is 2. The van der Waals surface area contributed by atoms with Gasteiger partial charge in [0.15, 0.2) is 0 Å². The van der Waals surface area contributed by atoms with Gasteiger partial charge >= 0.3 is 5.97 Å². The van der Waals surface area contributed by atoms with Crippen molar-refractivity contribution in [3.05, 3.63) is 60.8 Å². The van der Waals surface area contributed by atoms with Crippen LogP contribution in [0.4, 0.5) is 0 Å². The monoisotopic (exact) mass is 910 g/mol. The highest BCUT2D eigenvalue weighted by molar-refractivity contribution is 5.77. The molecule has 0 aliphatic carbocycles. The fraction of sp³-hybridized carbons (Fsp3) is 0.797. The molecule has 3 atom stereocenters. The van der Waals surface area contributed by atoms with Crippen molar-refractivity contribution >= 4 is 11.9 Å². The van der Waals surface area contributed by atoms with Crippen molar-refractivity contribution in [3.63, 3.8) is 0 Å². The molecular weight excluding hydrogens is 803 g/mol. The van der Waals surface area contributed by atoms with Crippen molar-refractivity contribution in [1.82, 2.24) is 5.32 Å². The van der Waals surface area contributed by atoms with Gasteiger partial charge in [-0.3, -0.25) is 9.59 Å². The average Bonchev–Trinajstić information content (AvgIpc) is 3.30. The number of carbonyl (C=O) groups excluding carboxylic acids is 2. The largest absolute Gasteiger partial charge is 0.461 e. The summed E-state index contributed by atoms with van der Waals surface area (Å²) in [5, 5.41) is 23.8. The molecule has 3 N–H and O–H groups in total. The molecule has 3 unspecified atom stereocenters. The number of aliphatic hydroxyl groups excluding tert-OH is 2. The van der Waals surface area contributed by atoms with Gasteiger partial charge in [0.1, 0.15) is 6.10 Å². The summed E-state index contributed by atoms with van der Waals surface area (Å²) in [5.41, 5.74) is 0. The topological polar surface area (TPSA) is 95.9 Å². The van der Waals surface area contributed by atoms with Crippen LogP contribution in [0.25, 0.3) is 0 Å². The molecule has 0 aromatic heterocycles. The van der Waals surface area contributed by atoms with Crippen molar-refractivity contribution < 1.29 is 24.5 Å². The number of amides is 1. The Morgan fingerprint density at radius 3 is 1.17 bits per heavy atom. The molecule has 0 aromatic rings. The lowest BCUT2D eigenvalue weighted by atomic mass is 10.0. The zero-order chi connectivity index (χ0) is 47.4. The molecule has 0 saturated heterocycles. The zero-order valence-corrected chi connectivity index (χ0v) is 43.1. The minimum absolute atomic E-state index is 0.00117. The van der Waals surface area contributed by atoms with E-state index in [1.807, 2.05) is 6.08 Å². The van der Waals surface area contributed by atoms with Crippen molar-refractivity contribution in [3.8, 4) is 0 Å². The Hall–Kier alpha value is -2.44. The van der Waals surface area contributed by atoms with Gasteiger partial charge in [-0.2, -0.15) is 0 Å². The fourth-order valence-electron chi connectivity index (χ4n) is 8.40. The van der Waals surface area contributed by atoms with Gasteiger partial charge in [-0.05, 0) is 44.9 Å². The van der Waals surface area contributed by atoms with Crippen LogP contribution < -0.4 is 5.32 Å². The van der Waals surface area contributed by atoms with Gasteiger partial charge in [0.05, 0.1) is 25.2 Å². The maximum Gasteiger partial charge on any atom is 0.306 e. The number of aliphatic hydroxyl groups is 2. The summed E-state index contributed by atoms with van der Waals surface area (Å²) in [6.45, 7) is 6.37. The van der Waals surface area contributed by atoms with E-state index in [0.29, 0.717) is 19.3 Å². The van der Waals surface area contributed by atoms with Gasteiger partial charge < -0.3 is 20.3 Å². The second kappa shape index (κ2) is 52.5. The first kappa shape index (κ1) is 62.6. The number of esters is 1. The minimum atomic E-state index is -0.812. The van der Waals surface area contributed by atoms with Crippen LogP contribution in [0, 0.1) is 0 Å². The van der Waals surface area contributed by atoms with Crippen LogP contribution in [0.1, 0.15) is 278 Å². The number of ether oxygens (including phenoxy) is 1. The Balaban J connectivity index is 4.65. The van der Waals surface area contributed by atoms with Crippen molar-refractivity contribution in [2.75, 3.05) is 6.61 Å². The normalized spacial score (nSPS) is 13.6. The second-order valence-electron chi connectivity index (χ2n) is 19.0. The van der Waals surface area contributed by atoms with Crippen molar-refractivity contribution in [1.29, 1.82) is 0 Å². The third-order valence-corrected chi connectivity index (χ3v) is 12.6. The van der Waals surface area contributed by atoms with E-state index in [0.717, 1.165) is 70.6 Å². The lowest BCUT2D eigenvalue weighted by molar-refractivity contribution is -0.150. The highest BCUT2D eigenvalue weighted by atomic mass is 16.5. The molecule has 1 amide bonds. The molecule has 0 fully saturated rings. The Labute approximate surface area is 403 Å². The molecule has 6 nitrogen and oxygen atoms in total. The summed E-state index contributed by atoms with van der Waals surface area (Å²) >= 11 is 0. The number of allylic oxidation sites excluding steroid dienone is 9.